The average Bonchev–Trinajstić information content (AvgIpc) is 2.66. The summed E-state index contributed by atoms with van der Waals surface area (Å²) in [5.74, 6) is -0.188. The van der Waals surface area contributed by atoms with Crippen molar-refractivity contribution in [1.29, 1.82) is 0 Å². The molecule has 0 unspecified atom stereocenters. The summed E-state index contributed by atoms with van der Waals surface area (Å²) in [4.78, 5) is 23.3. The second kappa shape index (κ2) is 5.40. The molecule has 4 nitrogen and oxygen atoms in total. The zero-order valence-corrected chi connectivity index (χ0v) is 12.0. The van der Waals surface area contributed by atoms with E-state index in [1.165, 1.54) is 10.1 Å². The van der Waals surface area contributed by atoms with Gasteiger partial charge in [-0.15, -0.1) is 0 Å². The number of thiazole rings is 1. The van der Waals surface area contributed by atoms with Crippen molar-refractivity contribution >= 4 is 22.9 Å². The lowest BCUT2D eigenvalue weighted by molar-refractivity contribution is -0.116. The molecule has 0 bridgehead atoms. The summed E-state index contributed by atoms with van der Waals surface area (Å²) in [5.41, 5.74) is 3.88. The summed E-state index contributed by atoms with van der Waals surface area (Å²) in [5, 5.41) is 4.56. The van der Waals surface area contributed by atoms with Gasteiger partial charge in [-0.1, -0.05) is 17.4 Å². The Bertz CT molecular complexity index is 670. The van der Waals surface area contributed by atoms with Gasteiger partial charge in [-0.2, -0.15) is 0 Å². The molecule has 2 rings (SSSR count). The maximum absolute atomic E-state index is 11.9. The van der Waals surface area contributed by atoms with Crippen molar-refractivity contribution in [2.75, 3.05) is 5.32 Å². The van der Waals surface area contributed by atoms with Crippen LogP contribution >= 0.6 is 11.3 Å². The Balaban J connectivity index is 2.09. The molecule has 0 saturated carbocycles. The van der Waals surface area contributed by atoms with Gasteiger partial charge in [-0.3, -0.25) is 14.2 Å². The van der Waals surface area contributed by atoms with Crippen LogP contribution in [-0.2, 0) is 11.3 Å². The van der Waals surface area contributed by atoms with Crippen molar-refractivity contribution < 1.29 is 4.79 Å². The van der Waals surface area contributed by atoms with E-state index in [0.717, 1.165) is 28.3 Å². The SMILES string of the molecule is Cc1ccc(NC(=O)Cn2c(C)csc2=O)cc1C. The van der Waals surface area contributed by atoms with Crippen LogP contribution in [0.15, 0.2) is 28.4 Å². The van der Waals surface area contributed by atoms with Crippen LogP contribution in [-0.4, -0.2) is 10.5 Å². The smallest absolute Gasteiger partial charge is 0.307 e. The van der Waals surface area contributed by atoms with Crippen LogP contribution in [0.5, 0.6) is 0 Å². The number of nitrogens with one attached hydrogen (secondary N) is 1. The fraction of sp³-hybridized carbons (Fsp3) is 0.286. The van der Waals surface area contributed by atoms with Crippen LogP contribution in [0.3, 0.4) is 0 Å². The van der Waals surface area contributed by atoms with Crippen LogP contribution < -0.4 is 10.2 Å². The van der Waals surface area contributed by atoms with Crippen molar-refractivity contribution in [3.63, 3.8) is 0 Å². The Labute approximate surface area is 115 Å². The molecule has 0 aliphatic rings. The molecule has 5 heteroatoms. The Morgan fingerprint density at radius 2 is 2.00 bits per heavy atom. The van der Waals surface area contributed by atoms with Crippen molar-refractivity contribution in [3.8, 4) is 0 Å². The van der Waals surface area contributed by atoms with Gasteiger partial charge in [-0.25, -0.2) is 0 Å². The molecular formula is C14H16N2O2S. The zero-order chi connectivity index (χ0) is 14.0. The quantitative estimate of drug-likeness (QED) is 0.936. The Morgan fingerprint density at radius 3 is 2.58 bits per heavy atom. The molecule has 1 aromatic carbocycles. The number of hydrogen-bond donors (Lipinski definition) is 1. The Morgan fingerprint density at radius 1 is 1.26 bits per heavy atom. The fourth-order valence-corrected chi connectivity index (χ4v) is 2.49. The lowest BCUT2D eigenvalue weighted by atomic mass is 10.1. The highest BCUT2D eigenvalue weighted by molar-refractivity contribution is 7.07. The Kier molecular flexibility index (Phi) is 3.85. The minimum absolute atomic E-state index is 0.0566. The van der Waals surface area contributed by atoms with Crippen molar-refractivity contribution in [2.45, 2.75) is 27.3 Å². The van der Waals surface area contributed by atoms with E-state index in [9.17, 15) is 9.59 Å². The standard InChI is InChI=1S/C14H16N2O2S/c1-9-4-5-12(6-10(9)2)15-13(17)7-16-11(3)8-19-14(16)18/h4-6,8H,7H2,1-3H3,(H,15,17). The highest BCUT2D eigenvalue weighted by Crippen LogP contribution is 2.14. The average molecular weight is 276 g/mol. The van der Waals surface area contributed by atoms with Gasteiger partial charge in [0.2, 0.25) is 5.91 Å². The van der Waals surface area contributed by atoms with Gasteiger partial charge in [0.15, 0.2) is 0 Å². The van der Waals surface area contributed by atoms with Gasteiger partial charge in [0, 0.05) is 16.8 Å². The molecule has 0 spiro atoms. The lowest BCUT2D eigenvalue weighted by Gasteiger charge is -2.08. The minimum Gasteiger partial charge on any atom is -0.325 e. The maximum atomic E-state index is 11.9. The number of hydrogen-bond acceptors (Lipinski definition) is 3. The molecule has 0 atom stereocenters. The van der Waals surface area contributed by atoms with Gasteiger partial charge < -0.3 is 5.32 Å². The van der Waals surface area contributed by atoms with E-state index in [4.69, 9.17) is 0 Å². The number of rotatable bonds is 3. The van der Waals surface area contributed by atoms with Crippen LogP contribution in [0.1, 0.15) is 16.8 Å². The summed E-state index contributed by atoms with van der Waals surface area (Å²) in [6.45, 7) is 5.90. The molecule has 0 radical (unpaired) electrons. The predicted molar refractivity (Wildman–Crippen MR) is 77.9 cm³/mol. The van der Waals surface area contributed by atoms with Crippen molar-refractivity contribution in [1.82, 2.24) is 4.57 Å². The minimum atomic E-state index is -0.188. The fourth-order valence-electron chi connectivity index (χ4n) is 1.76. The van der Waals surface area contributed by atoms with Crippen LogP contribution in [0.25, 0.3) is 0 Å². The van der Waals surface area contributed by atoms with Gasteiger partial charge in [0.05, 0.1) is 0 Å². The summed E-state index contributed by atoms with van der Waals surface area (Å²) >= 11 is 1.11. The van der Waals surface area contributed by atoms with E-state index in [-0.39, 0.29) is 17.3 Å². The van der Waals surface area contributed by atoms with Crippen LogP contribution in [0, 0.1) is 20.8 Å². The number of carbonyl (C=O) groups is 1. The van der Waals surface area contributed by atoms with E-state index < -0.39 is 0 Å². The van der Waals surface area contributed by atoms with Gasteiger partial charge in [0.1, 0.15) is 6.54 Å². The van der Waals surface area contributed by atoms with Gasteiger partial charge >= 0.3 is 4.87 Å². The molecule has 19 heavy (non-hydrogen) atoms. The molecule has 2 aromatic rings. The van der Waals surface area contributed by atoms with E-state index in [0.29, 0.717) is 0 Å². The summed E-state index contributed by atoms with van der Waals surface area (Å²) in [6, 6.07) is 5.76. The first-order valence-electron chi connectivity index (χ1n) is 5.99. The van der Waals surface area contributed by atoms with Crippen molar-refractivity contribution in [3.05, 3.63) is 50.1 Å². The molecule has 0 aliphatic carbocycles. The first-order chi connectivity index (χ1) is 8.97. The third-order valence-corrected chi connectivity index (χ3v) is 3.95. The highest BCUT2D eigenvalue weighted by Gasteiger charge is 2.08. The number of benzene rings is 1. The van der Waals surface area contributed by atoms with E-state index in [1.807, 2.05) is 39.0 Å². The van der Waals surface area contributed by atoms with Crippen LogP contribution in [0.4, 0.5) is 5.69 Å². The Hall–Kier alpha value is -1.88. The molecule has 0 aliphatic heterocycles. The number of amides is 1. The number of carbonyl (C=O) groups excluding carboxylic acids is 1. The highest BCUT2D eigenvalue weighted by atomic mass is 32.1. The monoisotopic (exact) mass is 276 g/mol. The predicted octanol–water partition coefficient (Wildman–Crippen LogP) is 2.47. The number of anilines is 1. The first kappa shape index (κ1) is 13.5. The molecular weight excluding hydrogens is 260 g/mol. The second-order valence-electron chi connectivity index (χ2n) is 4.58. The summed E-state index contributed by atoms with van der Waals surface area (Å²) in [7, 11) is 0. The number of aryl methyl sites for hydroxylation is 3. The molecule has 1 amide bonds. The molecule has 0 fully saturated rings. The molecule has 1 aromatic heterocycles. The van der Waals surface area contributed by atoms with Crippen LogP contribution in [0.2, 0.25) is 0 Å². The summed E-state index contributed by atoms with van der Waals surface area (Å²) < 4.78 is 1.47. The third-order valence-electron chi connectivity index (χ3n) is 3.07. The molecule has 100 valence electrons. The number of aromatic nitrogens is 1. The zero-order valence-electron chi connectivity index (χ0n) is 11.2. The van der Waals surface area contributed by atoms with E-state index in [1.54, 1.807) is 5.38 Å². The molecule has 1 heterocycles. The van der Waals surface area contributed by atoms with Crippen molar-refractivity contribution in [2.24, 2.45) is 0 Å². The molecule has 1 N–H and O–H groups in total. The number of nitrogens with zero attached hydrogens (tertiary/aromatic N) is 1. The molecule has 0 saturated heterocycles. The second-order valence-corrected chi connectivity index (χ2v) is 5.40. The summed E-state index contributed by atoms with van der Waals surface area (Å²) in [6.07, 6.45) is 0. The normalized spacial score (nSPS) is 10.5. The largest absolute Gasteiger partial charge is 0.325 e. The lowest BCUT2D eigenvalue weighted by Crippen LogP contribution is -2.25. The van der Waals surface area contributed by atoms with E-state index in [2.05, 4.69) is 5.32 Å². The van der Waals surface area contributed by atoms with Gasteiger partial charge in [0.25, 0.3) is 0 Å². The first-order valence-corrected chi connectivity index (χ1v) is 6.87. The van der Waals surface area contributed by atoms with Gasteiger partial charge in [-0.05, 0) is 44.0 Å². The third kappa shape index (κ3) is 3.12. The van der Waals surface area contributed by atoms with E-state index >= 15 is 0 Å². The topological polar surface area (TPSA) is 51.1 Å². The maximum Gasteiger partial charge on any atom is 0.307 e.